The van der Waals surface area contributed by atoms with Gasteiger partial charge in [0.25, 0.3) is 5.91 Å². The van der Waals surface area contributed by atoms with Gasteiger partial charge in [-0.25, -0.2) is 0 Å². The van der Waals surface area contributed by atoms with Gasteiger partial charge in [0, 0.05) is 0 Å². The SMILES string of the molecule is COC(=O)CNC(=O)c1c(Cl)cccc1Cl. The third kappa shape index (κ3) is 3.12. The monoisotopic (exact) mass is 261 g/mol. The van der Waals surface area contributed by atoms with E-state index in [4.69, 9.17) is 23.2 Å². The molecule has 1 aromatic rings. The summed E-state index contributed by atoms with van der Waals surface area (Å²) >= 11 is 11.6. The van der Waals surface area contributed by atoms with E-state index in [-0.39, 0.29) is 22.2 Å². The van der Waals surface area contributed by atoms with Crippen LogP contribution in [-0.4, -0.2) is 25.5 Å². The summed E-state index contributed by atoms with van der Waals surface area (Å²) in [5.74, 6) is -1.06. The van der Waals surface area contributed by atoms with Crippen molar-refractivity contribution in [3.8, 4) is 0 Å². The minimum absolute atomic E-state index is 0.148. The minimum atomic E-state index is -0.545. The van der Waals surface area contributed by atoms with E-state index in [1.54, 1.807) is 18.2 Å². The van der Waals surface area contributed by atoms with Crippen molar-refractivity contribution in [2.45, 2.75) is 0 Å². The molecule has 0 aliphatic carbocycles. The van der Waals surface area contributed by atoms with Gasteiger partial charge >= 0.3 is 5.97 Å². The Morgan fingerprint density at radius 1 is 1.31 bits per heavy atom. The number of esters is 1. The number of ether oxygens (including phenoxy) is 1. The highest BCUT2D eigenvalue weighted by Crippen LogP contribution is 2.23. The lowest BCUT2D eigenvalue weighted by Crippen LogP contribution is -2.30. The van der Waals surface area contributed by atoms with E-state index < -0.39 is 11.9 Å². The van der Waals surface area contributed by atoms with E-state index in [2.05, 4.69) is 10.1 Å². The highest BCUT2D eigenvalue weighted by molar-refractivity contribution is 6.39. The number of hydrogen-bond acceptors (Lipinski definition) is 3. The Balaban J connectivity index is 2.77. The smallest absolute Gasteiger partial charge is 0.325 e. The zero-order valence-electron chi connectivity index (χ0n) is 8.42. The second-order valence-corrected chi connectivity index (χ2v) is 3.67. The fourth-order valence-electron chi connectivity index (χ4n) is 1.03. The van der Waals surface area contributed by atoms with Crippen LogP contribution >= 0.6 is 23.2 Å². The first-order valence-electron chi connectivity index (χ1n) is 4.35. The Labute approximate surface area is 102 Å². The van der Waals surface area contributed by atoms with Crippen LogP contribution in [0.1, 0.15) is 10.4 Å². The molecule has 0 fully saturated rings. The molecule has 0 spiro atoms. The van der Waals surface area contributed by atoms with Gasteiger partial charge < -0.3 is 10.1 Å². The molecular formula is C10H9Cl2NO3. The summed E-state index contributed by atoms with van der Waals surface area (Å²) in [6, 6.07) is 4.71. The van der Waals surface area contributed by atoms with Gasteiger partial charge in [-0.2, -0.15) is 0 Å². The van der Waals surface area contributed by atoms with Gasteiger partial charge in [-0.1, -0.05) is 29.3 Å². The molecule has 1 N–H and O–H groups in total. The summed E-state index contributed by atoms with van der Waals surface area (Å²) in [7, 11) is 1.23. The zero-order valence-corrected chi connectivity index (χ0v) is 9.93. The molecule has 86 valence electrons. The Kier molecular flexibility index (Phi) is 4.58. The summed E-state index contributed by atoms with van der Waals surface area (Å²) in [6.07, 6.45) is 0. The second kappa shape index (κ2) is 5.72. The molecule has 0 aliphatic heterocycles. The Morgan fingerprint density at radius 2 is 1.88 bits per heavy atom. The van der Waals surface area contributed by atoms with E-state index in [0.717, 1.165) is 0 Å². The maximum Gasteiger partial charge on any atom is 0.325 e. The molecule has 0 atom stereocenters. The largest absolute Gasteiger partial charge is 0.468 e. The molecule has 0 saturated heterocycles. The van der Waals surface area contributed by atoms with Crippen molar-refractivity contribution in [2.24, 2.45) is 0 Å². The lowest BCUT2D eigenvalue weighted by Gasteiger charge is -2.07. The van der Waals surface area contributed by atoms with Gasteiger partial charge in [-0.05, 0) is 12.1 Å². The van der Waals surface area contributed by atoms with Gasteiger partial charge in [0.1, 0.15) is 6.54 Å². The third-order valence-electron chi connectivity index (χ3n) is 1.81. The lowest BCUT2D eigenvalue weighted by atomic mass is 10.2. The van der Waals surface area contributed by atoms with E-state index in [0.29, 0.717) is 0 Å². The first-order valence-corrected chi connectivity index (χ1v) is 5.11. The van der Waals surface area contributed by atoms with E-state index in [1.165, 1.54) is 7.11 Å². The molecule has 0 radical (unpaired) electrons. The molecule has 1 aromatic carbocycles. The molecule has 0 saturated carbocycles. The summed E-state index contributed by atoms with van der Waals surface area (Å²) in [6.45, 7) is -0.225. The van der Waals surface area contributed by atoms with Crippen molar-refractivity contribution >= 4 is 35.1 Å². The van der Waals surface area contributed by atoms with Crippen LogP contribution in [0.2, 0.25) is 10.0 Å². The Morgan fingerprint density at radius 3 is 2.38 bits per heavy atom. The molecule has 1 amide bonds. The molecule has 16 heavy (non-hydrogen) atoms. The van der Waals surface area contributed by atoms with Crippen LogP contribution in [-0.2, 0) is 9.53 Å². The zero-order chi connectivity index (χ0) is 12.1. The number of carbonyl (C=O) groups is 2. The van der Waals surface area contributed by atoms with Gasteiger partial charge in [0.15, 0.2) is 0 Å². The van der Waals surface area contributed by atoms with Crippen LogP contribution < -0.4 is 5.32 Å². The third-order valence-corrected chi connectivity index (χ3v) is 2.44. The number of halogens is 2. The normalized spacial score (nSPS) is 9.69. The molecule has 1 rings (SSSR count). The molecule has 0 bridgehead atoms. The van der Waals surface area contributed by atoms with E-state index in [1.807, 2.05) is 0 Å². The Hall–Kier alpha value is -1.26. The van der Waals surface area contributed by atoms with Gasteiger partial charge in [-0.15, -0.1) is 0 Å². The maximum atomic E-state index is 11.6. The lowest BCUT2D eigenvalue weighted by molar-refractivity contribution is -0.139. The maximum absolute atomic E-state index is 11.6. The summed E-state index contributed by atoms with van der Waals surface area (Å²) in [5.41, 5.74) is 0.148. The van der Waals surface area contributed by atoms with Crippen LogP contribution in [0.3, 0.4) is 0 Å². The molecule has 4 nitrogen and oxygen atoms in total. The van der Waals surface area contributed by atoms with Crippen molar-refractivity contribution < 1.29 is 14.3 Å². The van der Waals surface area contributed by atoms with Gasteiger partial charge in [0.05, 0.1) is 22.7 Å². The average molecular weight is 262 g/mol. The highest BCUT2D eigenvalue weighted by atomic mass is 35.5. The number of methoxy groups -OCH3 is 1. The summed E-state index contributed by atoms with van der Waals surface area (Å²) in [4.78, 5) is 22.4. The van der Waals surface area contributed by atoms with Crippen molar-refractivity contribution in [3.63, 3.8) is 0 Å². The van der Waals surface area contributed by atoms with Gasteiger partial charge in [-0.3, -0.25) is 9.59 Å². The predicted octanol–water partition coefficient (Wildman–Crippen LogP) is 1.90. The molecule has 0 aromatic heterocycles. The number of nitrogens with one attached hydrogen (secondary N) is 1. The number of benzene rings is 1. The van der Waals surface area contributed by atoms with Crippen molar-refractivity contribution in [2.75, 3.05) is 13.7 Å². The number of carbonyl (C=O) groups excluding carboxylic acids is 2. The first kappa shape index (κ1) is 12.8. The van der Waals surface area contributed by atoms with Crippen LogP contribution in [0.5, 0.6) is 0 Å². The fourth-order valence-corrected chi connectivity index (χ4v) is 1.60. The average Bonchev–Trinajstić information content (AvgIpc) is 2.25. The van der Waals surface area contributed by atoms with Crippen molar-refractivity contribution in [3.05, 3.63) is 33.8 Å². The van der Waals surface area contributed by atoms with Crippen LogP contribution in [0.4, 0.5) is 0 Å². The van der Waals surface area contributed by atoms with E-state index >= 15 is 0 Å². The van der Waals surface area contributed by atoms with Crippen LogP contribution in [0.25, 0.3) is 0 Å². The quantitative estimate of drug-likeness (QED) is 0.846. The number of amides is 1. The molecule has 0 unspecified atom stereocenters. The van der Waals surface area contributed by atoms with Crippen LogP contribution in [0.15, 0.2) is 18.2 Å². The number of hydrogen-bond donors (Lipinski definition) is 1. The van der Waals surface area contributed by atoms with Crippen molar-refractivity contribution in [1.82, 2.24) is 5.32 Å². The summed E-state index contributed by atoms with van der Waals surface area (Å²) in [5, 5.41) is 2.81. The molecule has 0 aliphatic rings. The minimum Gasteiger partial charge on any atom is -0.468 e. The molecule has 6 heteroatoms. The second-order valence-electron chi connectivity index (χ2n) is 2.86. The first-order chi connectivity index (χ1) is 7.56. The summed E-state index contributed by atoms with van der Waals surface area (Å²) < 4.78 is 4.38. The predicted molar refractivity (Wildman–Crippen MR) is 60.8 cm³/mol. The van der Waals surface area contributed by atoms with Crippen molar-refractivity contribution in [1.29, 1.82) is 0 Å². The van der Waals surface area contributed by atoms with Gasteiger partial charge in [0.2, 0.25) is 0 Å². The molecular weight excluding hydrogens is 253 g/mol. The molecule has 0 heterocycles. The topological polar surface area (TPSA) is 55.4 Å². The Bertz CT molecular complexity index is 400. The fraction of sp³-hybridized carbons (Fsp3) is 0.200. The standard InChI is InChI=1S/C10H9Cl2NO3/c1-16-8(14)5-13-10(15)9-6(11)3-2-4-7(9)12/h2-4H,5H2,1H3,(H,13,15). The van der Waals surface area contributed by atoms with Crippen LogP contribution in [0, 0.1) is 0 Å². The number of rotatable bonds is 3. The van der Waals surface area contributed by atoms with E-state index in [9.17, 15) is 9.59 Å². The highest BCUT2D eigenvalue weighted by Gasteiger charge is 2.14.